The van der Waals surface area contributed by atoms with Crippen LogP contribution in [0.25, 0.3) is 0 Å². The van der Waals surface area contributed by atoms with E-state index in [1.807, 2.05) is 0 Å². The average molecular weight is 955 g/mol. The Morgan fingerprint density at radius 1 is 0.692 bits per heavy atom. The van der Waals surface area contributed by atoms with E-state index in [1.165, 1.54) is 37.5 Å². The highest BCUT2D eigenvalue weighted by Crippen LogP contribution is 2.33. The number of aliphatic hydroxyl groups excluding tert-OH is 13. The molecule has 3 fully saturated rings. The third-order valence-electron chi connectivity index (χ3n) is 10.9. The normalized spacial score (nSPS) is 38.8. The van der Waals surface area contributed by atoms with Gasteiger partial charge >= 0.3 is 0 Å². The zero-order chi connectivity index (χ0) is 47.7. The Morgan fingerprint density at radius 2 is 1.26 bits per heavy atom. The predicted octanol–water partition coefficient (Wildman–Crippen LogP) is -7.26. The van der Waals surface area contributed by atoms with Crippen LogP contribution in [0.1, 0.15) is 6.92 Å². The molecule has 0 amide bonds. The van der Waals surface area contributed by atoms with Gasteiger partial charge in [0, 0.05) is 7.11 Å². The van der Waals surface area contributed by atoms with Crippen molar-refractivity contribution in [1.29, 1.82) is 0 Å². The first-order valence-electron chi connectivity index (χ1n) is 20.3. The number of nitrogens with zero attached hydrogens (tertiary/aromatic N) is 2. The Labute approximate surface area is 371 Å². The molecule has 0 bridgehead atoms. The molecule has 0 spiro atoms. The number of benzene rings is 1. The fraction of sp³-hybridized carbons (Fsp3) is 0.684. The van der Waals surface area contributed by atoms with Gasteiger partial charge in [0.15, 0.2) is 24.6 Å². The molecule has 19 atom stereocenters. The van der Waals surface area contributed by atoms with Gasteiger partial charge in [-0.15, -0.1) is 0 Å². The summed E-state index contributed by atoms with van der Waals surface area (Å²) in [5, 5.41) is 136. The maximum absolute atomic E-state index is 12.1. The lowest BCUT2D eigenvalue weighted by Crippen LogP contribution is -2.68. The second-order valence-corrected chi connectivity index (χ2v) is 17.1. The van der Waals surface area contributed by atoms with Crippen LogP contribution in [-0.4, -0.2) is 241 Å². The highest BCUT2D eigenvalue weighted by molar-refractivity contribution is 7.92. The minimum Gasteiger partial charge on any atom is -0.488 e. The summed E-state index contributed by atoms with van der Waals surface area (Å²) in [5.41, 5.74) is 0.0225. The molecule has 1 aliphatic carbocycles. The number of aliphatic hydroxyl groups is 13. The van der Waals surface area contributed by atoms with Crippen molar-refractivity contribution in [2.75, 3.05) is 44.9 Å². The van der Waals surface area contributed by atoms with Crippen molar-refractivity contribution in [2.45, 2.75) is 128 Å². The van der Waals surface area contributed by atoms with Crippen molar-refractivity contribution in [1.82, 2.24) is 15.3 Å². The van der Waals surface area contributed by atoms with Crippen LogP contribution >= 0.6 is 0 Å². The molecule has 15 N–H and O–H groups in total. The van der Waals surface area contributed by atoms with E-state index in [-0.39, 0.29) is 16.4 Å². The Morgan fingerprint density at radius 3 is 1.85 bits per heavy atom. The molecule has 6 rings (SSSR count). The lowest BCUT2D eigenvalue weighted by Gasteiger charge is -2.48. The van der Waals surface area contributed by atoms with Gasteiger partial charge in [0.25, 0.3) is 10.0 Å². The van der Waals surface area contributed by atoms with Gasteiger partial charge in [0.1, 0.15) is 86.0 Å². The van der Waals surface area contributed by atoms with Crippen molar-refractivity contribution in [2.24, 2.45) is 0 Å². The highest BCUT2D eigenvalue weighted by atomic mass is 32.2. The summed E-state index contributed by atoms with van der Waals surface area (Å²) in [6.07, 6.45) is -23.8. The minimum atomic E-state index is -3.68. The Bertz CT molecular complexity index is 1890. The van der Waals surface area contributed by atoms with E-state index in [2.05, 4.69) is 20.0 Å². The van der Waals surface area contributed by atoms with Crippen molar-refractivity contribution in [3.8, 4) is 5.75 Å². The minimum absolute atomic E-state index is 0.0158. The van der Waals surface area contributed by atoms with Gasteiger partial charge < -0.3 is 105 Å². The van der Waals surface area contributed by atoms with Gasteiger partial charge in [-0.05, 0) is 24.6 Å². The van der Waals surface area contributed by atoms with E-state index in [1.54, 1.807) is 25.3 Å². The van der Waals surface area contributed by atoms with Gasteiger partial charge in [-0.25, -0.2) is 23.1 Å². The SMILES string of the molecule is COCCOc1cnc(NS(=O)(=O)c2ccccc2)nc1.C[C@H]1O[C@H](O[C@H]2[C@H](O)[C@@H](O)[C@@H](O[C@H]3[C@H](O)[C@@H](O)[C@H](O)O[C@@H]3CO)O[C@@H]2CO)[C@H](O)[C@@H](O)[C@@H]1N[C@H]1C=C(CO)[C@H](O)[C@H](O)[C@H]1O. The zero-order valence-corrected chi connectivity index (χ0v) is 35.7. The first-order valence-corrected chi connectivity index (χ1v) is 21.7. The molecular formula is C38H58N4O22S. The number of methoxy groups -OCH3 is 1. The summed E-state index contributed by atoms with van der Waals surface area (Å²) < 4.78 is 63.9. The second kappa shape index (κ2) is 23.7. The Hall–Kier alpha value is -3.21. The van der Waals surface area contributed by atoms with Crippen molar-refractivity contribution >= 4 is 16.0 Å². The molecule has 0 unspecified atom stereocenters. The smallest absolute Gasteiger partial charge is 0.264 e. The summed E-state index contributed by atoms with van der Waals surface area (Å²) >= 11 is 0. The molecule has 1 aromatic heterocycles. The van der Waals surface area contributed by atoms with Gasteiger partial charge in [0.05, 0.1) is 61.9 Å². The van der Waals surface area contributed by atoms with E-state index in [0.29, 0.717) is 19.0 Å². The number of aromatic nitrogens is 2. The lowest BCUT2D eigenvalue weighted by atomic mass is 9.86. The first kappa shape index (κ1) is 52.8. The van der Waals surface area contributed by atoms with E-state index in [0.717, 1.165) is 0 Å². The van der Waals surface area contributed by atoms with Gasteiger partial charge in [-0.1, -0.05) is 24.3 Å². The number of sulfonamides is 1. The highest BCUT2D eigenvalue weighted by Gasteiger charge is 2.53. The van der Waals surface area contributed by atoms with Crippen LogP contribution in [0.15, 0.2) is 59.3 Å². The van der Waals surface area contributed by atoms with Crippen LogP contribution < -0.4 is 14.8 Å². The maximum Gasteiger partial charge on any atom is 0.264 e. The molecule has 3 aliphatic heterocycles. The topological polar surface area (TPSA) is 412 Å². The van der Waals surface area contributed by atoms with Crippen LogP contribution in [0.4, 0.5) is 5.95 Å². The summed E-state index contributed by atoms with van der Waals surface area (Å²) in [4.78, 5) is 7.95. The van der Waals surface area contributed by atoms with Crippen LogP contribution in [0.2, 0.25) is 0 Å². The number of hydrogen-bond donors (Lipinski definition) is 15. The second-order valence-electron chi connectivity index (χ2n) is 15.4. The standard InChI is InChI=1S/C25H43NO18.C13H15N3O4S/c1-6-11(26-8-2-7(3-27)12(30)15(33)13(8)31)14(32)19(37)24(40-6)43-22-10(5-29)42-25(20(38)17(22)35)44-21-9(4-28)41-23(39)18(36)16(21)34;1-19-7-8-20-11-9-14-13(15-10-11)16-21(17,18)12-5-3-2-4-6-12/h2,6,8-39H,3-5H2,1H3;2-6,9-10H,7-8H2,1H3,(H,14,15,16)/t6-,8+,9-,10-,11-,12+,13+,14+,15+,16-,17-,18-,19-,20-,21-,22-,23-,24-,25-;/m1./s1. The Balaban J connectivity index is 0.000000315. The van der Waals surface area contributed by atoms with Crippen LogP contribution in [-0.2, 0) is 38.4 Å². The fourth-order valence-electron chi connectivity index (χ4n) is 7.28. The maximum atomic E-state index is 12.1. The molecule has 27 heteroatoms. The number of rotatable bonds is 16. The van der Waals surface area contributed by atoms with Crippen molar-refractivity contribution < 1.29 is 108 Å². The molecular weight excluding hydrogens is 896 g/mol. The molecule has 4 aliphatic rings. The average Bonchev–Trinajstić information content (AvgIpc) is 3.30. The third-order valence-corrected chi connectivity index (χ3v) is 12.3. The fourth-order valence-corrected chi connectivity index (χ4v) is 8.26. The van der Waals surface area contributed by atoms with Gasteiger partial charge in [-0.3, -0.25) is 0 Å². The predicted molar refractivity (Wildman–Crippen MR) is 214 cm³/mol. The van der Waals surface area contributed by atoms with Crippen molar-refractivity contribution in [3.63, 3.8) is 0 Å². The quantitative estimate of drug-likeness (QED) is 0.0549. The van der Waals surface area contributed by atoms with E-state index in [4.69, 9.17) is 33.2 Å². The summed E-state index contributed by atoms with van der Waals surface area (Å²) in [6, 6.07) is 5.83. The lowest BCUT2D eigenvalue weighted by molar-refractivity contribution is -0.373. The molecule has 3 saturated heterocycles. The summed E-state index contributed by atoms with van der Waals surface area (Å²) in [5.74, 6) is 0.424. The summed E-state index contributed by atoms with van der Waals surface area (Å²) in [7, 11) is -2.11. The summed E-state index contributed by atoms with van der Waals surface area (Å²) in [6.45, 7) is 0.0639. The van der Waals surface area contributed by atoms with Crippen molar-refractivity contribution in [3.05, 3.63) is 54.4 Å². The Kier molecular flexibility index (Phi) is 19.2. The third kappa shape index (κ3) is 12.7. The molecule has 0 radical (unpaired) electrons. The van der Waals surface area contributed by atoms with E-state index in [9.17, 15) is 74.8 Å². The molecule has 2 aromatic rings. The largest absolute Gasteiger partial charge is 0.488 e. The monoisotopic (exact) mass is 954 g/mol. The van der Waals surface area contributed by atoms with E-state index < -0.39 is 146 Å². The molecule has 4 heterocycles. The molecule has 0 saturated carbocycles. The molecule has 65 heavy (non-hydrogen) atoms. The van der Waals surface area contributed by atoms with Crippen LogP contribution in [0, 0.1) is 0 Å². The molecule has 26 nitrogen and oxygen atoms in total. The number of anilines is 1. The van der Waals surface area contributed by atoms with Gasteiger partial charge in [-0.2, -0.15) is 0 Å². The molecule has 1 aromatic carbocycles. The van der Waals surface area contributed by atoms with Crippen LogP contribution in [0.3, 0.4) is 0 Å². The first-order chi connectivity index (χ1) is 30.9. The van der Waals surface area contributed by atoms with Crippen LogP contribution in [0.5, 0.6) is 5.75 Å². The zero-order valence-electron chi connectivity index (χ0n) is 34.9. The molecule has 368 valence electrons. The van der Waals surface area contributed by atoms with E-state index >= 15 is 0 Å². The number of hydrogen-bond acceptors (Lipinski definition) is 25. The number of ether oxygens (including phenoxy) is 7. The number of nitrogens with one attached hydrogen (secondary N) is 2. The van der Waals surface area contributed by atoms with Gasteiger partial charge in [0.2, 0.25) is 5.95 Å².